The highest BCUT2D eigenvalue weighted by molar-refractivity contribution is 5.84. The number of aliphatic carboxylic acids is 1. The average Bonchev–Trinajstić information content (AvgIpc) is 2.64. The quantitative estimate of drug-likeness (QED) is 0.666. The first-order valence-corrected chi connectivity index (χ1v) is 7.75. The Morgan fingerprint density at radius 3 is 2.52 bits per heavy atom. The Bertz CT molecular complexity index is 720. The van der Waals surface area contributed by atoms with Crippen LogP contribution in [0.5, 0.6) is 5.75 Å². The number of aliphatic hydroxyl groups is 1. The fraction of sp³-hybridized carbons (Fsp3) is 0.278. The van der Waals surface area contributed by atoms with Gasteiger partial charge >= 0.3 is 5.97 Å². The van der Waals surface area contributed by atoms with Crippen LogP contribution in [0.25, 0.3) is 0 Å². The van der Waals surface area contributed by atoms with E-state index in [1.165, 1.54) is 24.5 Å². The lowest BCUT2D eigenvalue weighted by Gasteiger charge is -2.20. The van der Waals surface area contributed by atoms with Gasteiger partial charge in [-0.3, -0.25) is 9.78 Å². The van der Waals surface area contributed by atoms with Gasteiger partial charge in [0.2, 0.25) is 5.91 Å². The maximum Gasteiger partial charge on any atom is 0.329 e. The maximum atomic E-state index is 12.1. The highest BCUT2D eigenvalue weighted by Gasteiger charge is 2.29. The van der Waals surface area contributed by atoms with Crippen LogP contribution in [0.1, 0.15) is 23.7 Å². The van der Waals surface area contributed by atoms with Crippen LogP contribution >= 0.6 is 0 Å². The number of hydrogen-bond acceptors (Lipinski definition) is 5. The number of hydrogen-bond donors (Lipinski definition) is 3. The summed E-state index contributed by atoms with van der Waals surface area (Å²) in [7, 11) is 1.55. The lowest BCUT2D eigenvalue weighted by atomic mass is 10.0. The molecule has 7 nitrogen and oxygen atoms in total. The van der Waals surface area contributed by atoms with Gasteiger partial charge in [-0.05, 0) is 35.7 Å². The molecule has 7 heteroatoms. The highest BCUT2D eigenvalue weighted by Crippen LogP contribution is 2.19. The predicted octanol–water partition coefficient (Wildman–Crippen LogP) is 1.33. The van der Waals surface area contributed by atoms with Crippen LogP contribution < -0.4 is 10.1 Å². The number of ether oxygens (including phenoxy) is 1. The predicted molar refractivity (Wildman–Crippen MR) is 90.1 cm³/mol. The lowest BCUT2D eigenvalue weighted by molar-refractivity contribution is -0.145. The van der Waals surface area contributed by atoms with Gasteiger partial charge in [-0.1, -0.05) is 18.2 Å². The molecule has 132 valence electrons. The number of aromatic nitrogens is 1. The summed E-state index contributed by atoms with van der Waals surface area (Å²) < 4.78 is 5.22. The van der Waals surface area contributed by atoms with Crippen LogP contribution in [0.2, 0.25) is 0 Å². The van der Waals surface area contributed by atoms with E-state index in [4.69, 9.17) is 4.74 Å². The Balaban J connectivity index is 2.00. The molecule has 0 bridgehead atoms. The number of carbonyl (C=O) groups excluding carboxylic acids is 1. The molecule has 2 atom stereocenters. The van der Waals surface area contributed by atoms with Crippen molar-refractivity contribution >= 4 is 11.9 Å². The van der Waals surface area contributed by atoms with Gasteiger partial charge in [-0.15, -0.1) is 0 Å². The summed E-state index contributed by atoms with van der Waals surface area (Å²) in [4.78, 5) is 27.4. The summed E-state index contributed by atoms with van der Waals surface area (Å²) in [5.41, 5.74) is 1.22. The van der Waals surface area contributed by atoms with Gasteiger partial charge in [0.1, 0.15) is 11.9 Å². The molecule has 0 saturated carbocycles. The minimum absolute atomic E-state index is 0.0766. The number of nitrogens with one attached hydrogen (secondary N) is 1. The zero-order valence-electron chi connectivity index (χ0n) is 13.8. The first kappa shape index (κ1) is 18.4. The van der Waals surface area contributed by atoms with Crippen molar-refractivity contribution in [3.8, 4) is 5.75 Å². The number of methoxy groups -OCH3 is 1. The molecule has 2 aromatic rings. The fourth-order valence-corrected chi connectivity index (χ4v) is 2.43. The molecule has 1 amide bonds. The van der Waals surface area contributed by atoms with Crippen LogP contribution in [0.4, 0.5) is 0 Å². The SMILES string of the molecule is COc1ccccc1CCC(=O)NC(C(=O)O)C(O)c1ccncc1. The molecule has 2 unspecified atom stereocenters. The summed E-state index contributed by atoms with van der Waals surface area (Å²) in [6.07, 6.45) is 2.00. The van der Waals surface area contributed by atoms with E-state index in [0.29, 0.717) is 17.7 Å². The van der Waals surface area contributed by atoms with E-state index < -0.39 is 24.0 Å². The van der Waals surface area contributed by atoms with Crippen LogP contribution in [0.3, 0.4) is 0 Å². The normalized spacial score (nSPS) is 12.9. The monoisotopic (exact) mass is 344 g/mol. The summed E-state index contributed by atoms with van der Waals surface area (Å²) in [6, 6.07) is 8.86. The average molecular weight is 344 g/mol. The number of amides is 1. The molecule has 0 aliphatic rings. The molecule has 0 aliphatic carbocycles. The number of aryl methyl sites for hydroxylation is 1. The van der Waals surface area contributed by atoms with Crippen LogP contribution in [-0.2, 0) is 16.0 Å². The largest absolute Gasteiger partial charge is 0.496 e. The number of para-hydroxylation sites is 1. The van der Waals surface area contributed by atoms with Gasteiger partial charge in [-0.2, -0.15) is 0 Å². The van der Waals surface area contributed by atoms with Gasteiger partial charge in [-0.25, -0.2) is 4.79 Å². The molecular weight excluding hydrogens is 324 g/mol. The second-order valence-electron chi connectivity index (χ2n) is 5.42. The first-order valence-electron chi connectivity index (χ1n) is 7.75. The first-order chi connectivity index (χ1) is 12.0. The third-order valence-electron chi connectivity index (χ3n) is 3.76. The highest BCUT2D eigenvalue weighted by atomic mass is 16.5. The Labute approximate surface area is 145 Å². The van der Waals surface area contributed by atoms with Crippen LogP contribution in [0.15, 0.2) is 48.8 Å². The molecule has 2 rings (SSSR count). The molecule has 0 radical (unpaired) electrons. The summed E-state index contributed by atoms with van der Waals surface area (Å²) in [5, 5.41) is 21.9. The summed E-state index contributed by atoms with van der Waals surface area (Å²) in [6.45, 7) is 0. The van der Waals surface area contributed by atoms with Gasteiger partial charge in [0.25, 0.3) is 0 Å². The Kier molecular flexibility index (Phi) is 6.47. The fourth-order valence-electron chi connectivity index (χ4n) is 2.43. The van der Waals surface area contributed by atoms with Gasteiger partial charge < -0.3 is 20.3 Å². The number of benzene rings is 1. The van der Waals surface area contributed by atoms with E-state index in [1.807, 2.05) is 18.2 Å². The maximum absolute atomic E-state index is 12.1. The third kappa shape index (κ3) is 5.02. The van der Waals surface area contributed by atoms with Gasteiger partial charge in [0.15, 0.2) is 6.04 Å². The van der Waals surface area contributed by atoms with E-state index in [0.717, 1.165) is 5.56 Å². The van der Waals surface area contributed by atoms with Crippen molar-refractivity contribution in [2.45, 2.75) is 25.0 Å². The van der Waals surface area contributed by atoms with Crippen LogP contribution in [0, 0.1) is 0 Å². The second-order valence-corrected chi connectivity index (χ2v) is 5.42. The summed E-state index contributed by atoms with van der Waals surface area (Å²) >= 11 is 0. The van der Waals surface area contributed by atoms with E-state index in [-0.39, 0.29) is 6.42 Å². The lowest BCUT2D eigenvalue weighted by Crippen LogP contribution is -2.45. The summed E-state index contributed by atoms with van der Waals surface area (Å²) in [5.74, 6) is -1.11. The van der Waals surface area contributed by atoms with E-state index in [2.05, 4.69) is 10.3 Å². The number of carboxylic acids is 1. The van der Waals surface area contributed by atoms with Crippen molar-refractivity contribution in [3.63, 3.8) is 0 Å². The molecule has 25 heavy (non-hydrogen) atoms. The van der Waals surface area contributed by atoms with Crippen molar-refractivity contribution in [2.24, 2.45) is 0 Å². The molecule has 1 aromatic heterocycles. The molecule has 3 N–H and O–H groups in total. The zero-order valence-corrected chi connectivity index (χ0v) is 13.8. The van der Waals surface area contributed by atoms with Crippen LogP contribution in [-0.4, -0.2) is 40.2 Å². The minimum Gasteiger partial charge on any atom is -0.496 e. The molecule has 0 saturated heterocycles. The standard InChI is InChI=1S/C18H20N2O5/c1-25-14-5-3-2-4-12(14)6-7-15(21)20-16(18(23)24)17(22)13-8-10-19-11-9-13/h2-5,8-11,16-17,22H,6-7H2,1H3,(H,20,21)(H,23,24). The van der Waals surface area contributed by atoms with Crippen molar-refractivity contribution in [1.82, 2.24) is 10.3 Å². The Hall–Kier alpha value is -2.93. The molecule has 0 aliphatic heterocycles. The Morgan fingerprint density at radius 2 is 1.88 bits per heavy atom. The van der Waals surface area contributed by atoms with E-state index in [9.17, 15) is 19.8 Å². The molecule has 1 aromatic carbocycles. The smallest absolute Gasteiger partial charge is 0.329 e. The Morgan fingerprint density at radius 1 is 1.20 bits per heavy atom. The molecule has 0 fully saturated rings. The number of rotatable bonds is 8. The molecular formula is C18H20N2O5. The van der Waals surface area contributed by atoms with E-state index in [1.54, 1.807) is 13.2 Å². The third-order valence-corrected chi connectivity index (χ3v) is 3.76. The number of carbonyl (C=O) groups is 2. The van der Waals surface area contributed by atoms with Crippen molar-refractivity contribution in [2.75, 3.05) is 7.11 Å². The van der Waals surface area contributed by atoms with Gasteiger partial charge in [0.05, 0.1) is 7.11 Å². The second kappa shape index (κ2) is 8.79. The minimum atomic E-state index is -1.44. The number of nitrogens with zero attached hydrogens (tertiary/aromatic N) is 1. The molecule has 0 spiro atoms. The zero-order chi connectivity index (χ0) is 18.2. The van der Waals surface area contributed by atoms with Crippen molar-refractivity contribution < 1.29 is 24.5 Å². The van der Waals surface area contributed by atoms with E-state index >= 15 is 0 Å². The molecule has 1 heterocycles. The number of pyridine rings is 1. The number of carboxylic acid groups (broad SMARTS) is 1. The van der Waals surface area contributed by atoms with Gasteiger partial charge in [0, 0.05) is 18.8 Å². The van der Waals surface area contributed by atoms with Crippen molar-refractivity contribution in [1.29, 1.82) is 0 Å². The van der Waals surface area contributed by atoms with Crippen molar-refractivity contribution in [3.05, 3.63) is 59.9 Å². The topological polar surface area (TPSA) is 109 Å². The number of aliphatic hydroxyl groups excluding tert-OH is 1.